The van der Waals surface area contributed by atoms with Gasteiger partial charge >= 0.3 is 5.97 Å². The SMILES string of the molecule is CC(C)OCC(=O)N1C[C@@H](C)[C@](C)(C(=O)O)C1. The summed E-state index contributed by atoms with van der Waals surface area (Å²) in [5.41, 5.74) is -0.840. The highest BCUT2D eigenvalue weighted by Gasteiger charge is 2.47. The van der Waals surface area contributed by atoms with Crippen LogP contribution in [0.25, 0.3) is 0 Å². The smallest absolute Gasteiger partial charge is 0.311 e. The number of ether oxygens (including phenoxy) is 1. The minimum absolute atomic E-state index is 0.00448. The summed E-state index contributed by atoms with van der Waals surface area (Å²) in [6.07, 6.45) is 0.00448. The lowest BCUT2D eigenvalue weighted by atomic mass is 9.81. The monoisotopic (exact) mass is 243 g/mol. The predicted molar refractivity (Wildman–Crippen MR) is 62.6 cm³/mol. The average molecular weight is 243 g/mol. The lowest BCUT2D eigenvalue weighted by Gasteiger charge is -2.22. The fourth-order valence-corrected chi connectivity index (χ4v) is 1.95. The van der Waals surface area contributed by atoms with Gasteiger partial charge < -0.3 is 14.7 Å². The number of carboxylic acids is 1. The number of hydrogen-bond donors (Lipinski definition) is 1. The molecule has 1 amide bonds. The van der Waals surface area contributed by atoms with E-state index in [-0.39, 0.29) is 31.1 Å². The van der Waals surface area contributed by atoms with Crippen molar-refractivity contribution in [3.8, 4) is 0 Å². The molecule has 1 aliphatic rings. The molecule has 0 saturated carbocycles. The van der Waals surface area contributed by atoms with Crippen LogP contribution in [0.3, 0.4) is 0 Å². The first kappa shape index (κ1) is 14.0. The Morgan fingerprint density at radius 3 is 2.53 bits per heavy atom. The van der Waals surface area contributed by atoms with Crippen molar-refractivity contribution in [3.63, 3.8) is 0 Å². The zero-order chi connectivity index (χ0) is 13.2. The average Bonchev–Trinajstić information content (AvgIpc) is 2.53. The van der Waals surface area contributed by atoms with Crippen LogP contribution < -0.4 is 0 Å². The van der Waals surface area contributed by atoms with Gasteiger partial charge in [-0.3, -0.25) is 9.59 Å². The Balaban J connectivity index is 2.60. The molecule has 1 N–H and O–H groups in total. The molecule has 1 rings (SSSR count). The Bertz CT molecular complexity index is 316. The van der Waals surface area contributed by atoms with Gasteiger partial charge in [-0.15, -0.1) is 0 Å². The Morgan fingerprint density at radius 1 is 1.53 bits per heavy atom. The molecule has 0 radical (unpaired) electrons. The van der Waals surface area contributed by atoms with E-state index in [9.17, 15) is 14.7 Å². The van der Waals surface area contributed by atoms with Crippen molar-refractivity contribution in [2.75, 3.05) is 19.7 Å². The Morgan fingerprint density at radius 2 is 2.12 bits per heavy atom. The Kier molecular flexibility index (Phi) is 4.14. The first-order chi connectivity index (χ1) is 7.77. The molecular formula is C12H21NO4. The molecule has 0 aromatic heterocycles. The van der Waals surface area contributed by atoms with Gasteiger partial charge in [0.1, 0.15) is 6.61 Å². The van der Waals surface area contributed by atoms with Crippen molar-refractivity contribution in [1.29, 1.82) is 0 Å². The molecule has 1 saturated heterocycles. The second-order valence-corrected chi connectivity index (χ2v) is 5.26. The molecule has 0 bridgehead atoms. The van der Waals surface area contributed by atoms with Gasteiger partial charge in [-0.05, 0) is 26.7 Å². The molecule has 0 aliphatic carbocycles. The van der Waals surface area contributed by atoms with Crippen LogP contribution in [-0.4, -0.2) is 47.7 Å². The van der Waals surface area contributed by atoms with E-state index in [0.29, 0.717) is 6.54 Å². The van der Waals surface area contributed by atoms with Crippen LogP contribution in [0.4, 0.5) is 0 Å². The van der Waals surface area contributed by atoms with E-state index in [0.717, 1.165) is 0 Å². The lowest BCUT2D eigenvalue weighted by molar-refractivity contribution is -0.149. The molecule has 98 valence electrons. The number of rotatable bonds is 4. The van der Waals surface area contributed by atoms with Crippen LogP contribution in [0.5, 0.6) is 0 Å². The number of carbonyl (C=O) groups excluding carboxylic acids is 1. The fourth-order valence-electron chi connectivity index (χ4n) is 1.95. The molecule has 0 spiro atoms. The Hall–Kier alpha value is -1.10. The molecule has 5 heteroatoms. The number of nitrogens with zero attached hydrogens (tertiary/aromatic N) is 1. The highest BCUT2D eigenvalue weighted by atomic mass is 16.5. The third-order valence-electron chi connectivity index (χ3n) is 3.48. The van der Waals surface area contributed by atoms with E-state index < -0.39 is 11.4 Å². The predicted octanol–water partition coefficient (Wildman–Crippen LogP) is 0.981. The van der Waals surface area contributed by atoms with E-state index >= 15 is 0 Å². The Labute approximate surface area is 102 Å². The van der Waals surface area contributed by atoms with Gasteiger partial charge in [0.15, 0.2) is 0 Å². The van der Waals surface area contributed by atoms with Gasteiger partial charge in [0.25, 0.3) is 0 Å². The summed E-state index contributed by atoms with van der Waals surface area (Å²) in [5, 5.41) is 9.19. The van der Waals surface area contributed by atoms with E-state index in [1.54, 1.807) is 11.8 Å². The van der Waals surface area contributed by atoms with Crippen molar-refractivity contribution in [1.82, 2.24) is 4.90 Å². The van der Waals surface area contributed by atoms with Crippen molar-refractivity contribution in [2.45, 2.75) is 33.8 Å². The zero-order valence-corrected chi connectivity index (χ0v) is 10.9. The summed E-state index contributed by atoms with van der Waals surface area (Å²) >= 11 is 0. The number of hydrogen-bond acceptors (Lipinski definition) is 3. The maximum absolute atomic E-state index is 11.8. The quantitative estimate of drug-likeness (QED) is 0.799. The topological polar surface area (TPSA) is 66.8 Å². The third-order valence-corrected chi connectivity index (χ3v) is 3.48. The van der Waals surface area contributed by atoms with Crippen LogP contribution in [0.1, 0.15) is 27.7 Å². The van der Waals surface area contributed by atoms with Crippen molar-refractivity contribution in [2.24, 2.45) is 11.3 Å². The number of likely N-dealkylation sites (tertiary alicyclic amines) is 1. The second kappa shape index (κ2) is 5.04. The van der Waals surface area contributed by atoms with Gasteiger partial charge in [-0.25, -0.2) is 0 Å². The number of aliphatic carboxylic acids is 1. The number of carbonyl (C=O) groups is 2. The van der Waals surface area contributed by atoms with E-state index in [1.807, 2.05) is 20.8 Å². The standard InChI is InChI=1S/C12H21NO4/c1-8(2)17-6-10(14)13-5-9(3)12(4,7-13)11(15)16/h8-9H,5-7H2,1-4H3,(H,15,16)/t9-,12-/m1/s1. The molecule has 0 aromatic rings. The summed E-state index contributed by atoms with van der Waals surface area (Å²) in [7, 11) is 0. The van der Waals surface area contributed by atoms with Gasteiger partial charge in [0.2, 0.25) is 5.91 Å². The molecule has 17 heavy (non-hydrogen) atoms. The lowest BCUT2D eigenvalue weighted by Crippen LogP contribution is -2.37. The third kappa shape index (κ3) is 2.97. The molecule has 0 unspecified atom stereocenters. The number of amides is 1. The fraction of sp³-hybridized carbons (Fsp3) is 0.833. The van der Waals surface area contributed by atoms with Crippen LogP contribution in [-0.2, 0) is 14.3 Å². The largest absolute Gasteiger partial charge is 0.481 e. The van der Waals surface area contributed by atoms with Crippen LogP contribution in [0.2, 0.25) is 0 Å². The minimum atomic E-state index is -0.843. The van der Waals surface area contributed by atoms with Gasteiger partial charge in [-0.1, -0.05) is 6.92 Å². The van der Waals surface area contributed by atoms with E-state index in [1.165, 1.54) is 0 Å². The highest BCUT2D eigenvalue weighted by Crippen LogP contribution is 2.35. The van der Waals surface area contributed by atoms with Crippen LogP contribution >= 0.6 is 0 Å². The summed E-state index contributed by atoms with van der Waals surface area (Å²) in [4.78, 5) is 24.6. The van der Waals surface area contributed by atoms with E-state index in [4.69, 9.17) is 4.74 Å². The molecule has 0 aromatic carbocycles. The van der Waals surface area contributed by atoms with Crippen LogP contribution in [0, 0.1) is 11.3 Å². The molecule has 1 heterocycles. The first-order valence-corrected chi connectivity index (χ1v) is 5.90. The summed E-state index contributed by atoms with van der Waals surface area (Å²) < 4.78 is 5.24. The van der Waals surface area contributed by atoms with Crippen molar-refractivity contribution >= 4 is 11.9 Å². The first-order valence-electron chi connectivity index (χ1n) is 5.90. The van der Waals surface area contributed by atoms with E-state index in [2.05, 4.69) is 0 Å². The zero-order valence-electron chi connectivity index (χ0n) is 10.9. The van der Waals surface area contributed by atoms with Gasteiger partial charge in [-0.2, -0.15) is 0 Å². The normalized spacial score (nSPS) is 28.8. The summed E-state index contributed by atoms with van der Waals surface area (Å²) in [5.74, 6) is -1.01. The van der Waals surface area contributed by atoms with Crippen LogP contribution in [0.15, 0.2) is 0 Å². The minimum Gasteiger partial charge on any atom is -0.481 e. The highest BCUT2D eigenvalue weighted by molar-refractivity contribution is 5.81. The second-order valence-electron chi connectivity index (χ2n) is 5.26. The molecule has 5 nitrogen and oxygen atoms in total. The number of carboxylic acid groups (broad SMARTS) is 1. The summed E-state index contributed by atoms with van der Waals surface area (Å²) in [6.45, 7) is 8.07. The van der Waals surface area contributed by atoms with Gasteiger partial charge in [0.05, 0.1) is 11.5 Å². The molecule has 1 fully saturated rings. The summed E-state index contributed by atoms with van der Waals surface area (Å²) in [6, 6.07) is 0. The molecular weight excluding hydrogens is 222 g/mol. The van der Waals surface area contributed by atoms with Crippen molar-refractivity contribution < 1.29 is 19.4 Å². The molecule has 1 aliphatic heterocycles. The maximum Gasteiger partial charge on any atom is 0.311 e. The van der Waals surface area contributed by atoms with Crippen molar-refractivity contribution in [3.05, 3.63) is 0 Å². The molecule has 2 atom stereocenters. The maximum atomic E-state index is 11.8. The van der Waals surface area contributed by atoms with Gasteiger partial charge in [0, 0.05) is 13.1 Å².